The summed E-state index contributed by atoms with van der Waals surface area (Å²) in [5, 5.41) is 0.0416. The van der Waals surface area contributed by atoms with Gasteiger partial charge >= 0.3 is 5.97 Å². The van der Waals surface area contributed by atoms with Gasteiger partial charge in [0.05, 0.1) is 6.61 Å². The third-order valence-electron chi connectivity index (χ3n) is 2.83. The lowest BCUT2D eigenvalue weighted by molar-refractivity contribution is -0.137. The Kier molecular flexibility index (Phi) is 3.54. The van der Waals surface area contributed by atoms with Crippen molar-refractivity contribution >= 4 is 17.7 Å². The lowest BCUT2D eigenvalue weighted by Gasteiger charge is -2.09. The predicted octanol–water partition coefficient (Wildman–Crippen LogP) is 2.85. The normalized spacial score (nSPS) is 19.9. The molecule has 0 spiro atoms. The molecule has 1 aromatic rings. The third-order valence-corrected chi connectivity index (χ3v) is 4.14. The van der Waals surface area contributed by atoms with Crippen molar-refractivity contribution in [1.29, 1.82) is 0 Å². The Bertz CT molecular complexity index is 401. The molecule has 0 radical (unpaired) electrons. The van der Waals surface area contributed by atoms with Crippen LogP contribution in [0.3, 0.4) is 0 Å². The lowest BCUT2D eigenvalue weighted by atomic mass is 10.1. The minimum Gasteiger partial charge on any atom is -0.465 e. The first-order valence-corrected chi connectivity index (χ1v) is 6.56. The number of carbonyl (C=O) groups is 1. The van der Waals surface area contributed by atoms with Gasteiger partial charge in [0.15, 0.2) is 0 Å². The molecule has 0 N–H and O–H groups in total. The largest absolute Gasteiger partial charge is 0.465 e. The van der Waals surface area contributed by atoms with Crippen molar-refractivity contribution in [3.8, 4) is 0 Å². The number of cyclic esters (lactones) is 1. The van der Waals surface area contributed by atoms with E-state index in [2.05, 4.69) is 32.0 Å². The molecule has 1 fully saturated rings. The van der Waals surface area contributed by atoms with E-state index in [9.17, 15) is 4.79 Å². The zero-order chi connectivity index (χ0) is 11.5. The number of rotatable bonds is 3. The number of hydrogen-bond donors (Lipinski definition) is 0. The molecule has 2 rings (SSSR count). The molecule has 0 saturated carbocycles. The Morgan fingerprint density at radius 1 is 1.44 bits per heavy atom. The van der Waals surface area contributed by atoms with Gasteiger partial charge in [-0.1, -0.05) is 23.8 Å². The van der Waals surface area contributed by atoms with Crippen molar-refractivity contribution in [2.45, 2.75) is 31.3 Å². The highest BCUT2D eigenvalue weighted by atomic mass is 32.2. The van der Waals surface area contributed by atoms with Crippen molar-refractivity contribution in [3.63, 3.8) is 0 Å². The SMILES string of the molecule is Cc1ccc(C)c(CS[C@@H]2CCOC2=O)c1. The summed E-state index contributed by atoms with van der Waals surface area (Å²) in [6.45, 7) is 4.79. The topological polar surface area (TPSA) is 26.3 Å². The average Bonchev–Trinajstić information content (AvgIpc) is 2.66. The molecule has 16 heavy (non-hydrogen) atoms. The monoisotopic (exact) mass is 236 g/mol. The molecule has 0 unspecified atom stereocenters. The molecule has 2 nitrogen and oxygen atoms in total. The Labute approximate surface area is 100 Å². The number of thioether (sulfide) groups is 1. The van der Waals surface area contributed by atoms with E-state index in [1.54, 1.807) is 11.8 Å². The maximum absolute atomic E-state index is 11.3. The molecule has 1 saturated heterocycles. The van der Waals surface area contributed by atoms with Crippen LogP contribution < -0.4 is 0 Å². The van der Waals surface area contributed by atoms with Crippen LogP contribution in [0.5, 0.6) is 0 Å². The van der Waals surface area contributed by atoms with E-state index < -0.39 is 0 Å². The van der Waals surface area contributed by atoms with Gasteiger partial charge in [0.1, 0.15) is 5.25 Å². The van der Waals surface area contributed by atoms with Crippen molar-refractivity contribution in [1.82, 2.24) is 0 Å². The van der Waals surface area contributed by atoms with Crippen molar-refractivity contribution < 1.29 is 9.53 Å². The molecular formula is C13H16O2S. The van der Waals surface area contributed by atoms with E-state index in [4.69, 9.17) is 4.74 Å². The zero-order valence-electron chi connectivity index (χ0n) is 9.66. The molecule has 0 bridgehead atoms. The third kappa shape index (κ3) is 2.59. The first-order chi connectivity index (χ1) is 7.66. The Balaban J connectivity index is 1.98. The van der Waals surface area contributed by atoms with E-state index in [1.165, 1.54) is 16.7 Å². The molecule has 1 aliphatic rings. The van der Waals surface area contributed by atoms with Gasteiger partial charge in [-0.05, 0) is 25.0 Å². The van der Waals surface area contributed by atoms with Gasteiger partial charge in [-0.15, -0.1) is 11.8 Å². The fourth-order valence-corrected chi connectivity index (χ4v) is 2.93. The Hall–Kier alpha value is -0.960. The Morgan fingerprint density at radius 3 is 2.94 bits per heavy atom. The number of hydrogen-bond acceptors (Lipinski definition) is 3. The van der Waals surface area contributed by atoms with Crippen LogP contribution in [0.4, 0.5) is 0 Å². The summed E-state index contributed by atoms with van der Waals surface area (Å²) < 4.78 is 4.95. The second-order valence-electron chi connectivity index (χ2n) is 4.19. The molecule has 1 aromatic carbocycles. The van der Waals surface area contributed by atoms with E-state index >= 15 is 0 Å². The number of benzene rings is 1. The molecule has 3 heteroatoms. The van der Waals surface area contributed by atoms with Crippen LogP contribution in [-0.4, -0.2) is 17.8 Å². The number of carbonyl (C=O) groups excluding carboxylic acids is 1. The quantitative estimate of drug-likeness (QED) is 0.755. The summed E-state index contributed by atoms with van der Waals surface area (Å²) in [4.78, 5) is 11.3. The molecule has 1 atom stereocenters. The standard InChI is InChI=1S/C13H16O2S/c1-9-3-4-10(2)11(7-9)8-16-12-5-6-15-13(12)14/h3-4,7,12H,5-6,8H2,1-2H3/t12-/m1/s1. The number of aryl methyl sites for hydroxylation is 2. The first-order valence-electron chi connectivity index (χ1n) is 5.51. The molecule has 1 heterocycles. The summed E-state index contributed by atoms with van der Waals surface area (Å²) in [7, 11) is 0. The molecular weight excluding hydrogens is 220 g/mol. The first kappa shape index (κ1) is 11.5. The van der Waals surface area contributed by atoms with E-state index in [0.29, 0.717) is 6.61 Å². The molecule has 0 aromatic heterocycles. The highest BCUT2D eigenvalue weighted by Crippen LogP contribution is 2.26. The maximum Gasteiger partial charge on any atom is 0.319 e. The average molecular weight is 236 g/mol. The highest BCUT2D eigenvalue weighted by Gasteiger charge is 2.26. The van der Waals surface area contributed by atoms with Gasteiger partial charge in [0, 0.05) is 12.2 Å². The summed E-state index contributed by atoms with van der Waals surface area (Å²) >= 11 is 1.69. The summed E-state index contributed by atoms with van der Waals surface area (Å²) in [6, 6.07) is 6.45. The van der Waals surface area contributed by atoms with Crippen LogP contribution >= 0.6 is 11.8 Å². The summed E-state index contributed by atoms with van der Waals surface area (Å²) in [5.41, 5.74) is 3.89. The lowest BCUT2D eigenvalue weighted by Crippen LogP contribution is -2.09. The second kappa shape index (κ2) is 4.91. The fourth-order valence-electron chi connectivity index (χ4n) is 1.77. The van der Waals surface area contributed by atoms with Gasteiger partial charge in [0.25, 0.3) is 0 Å². The van der Waals surface area contributed by atoms with Gasteiger partial charge in [-0.2, -0.15) is 0 Å². The minimum atomic E-state index is -0.0460. The molecule has 86 valence electrons. The summed E-state index contributed by atoms with van der Waals surface area (Å²) in [6.07, 6.45) is 0.856. The van der Waals surface area contributed by atoms with Gasteiger partial charge in [0.2, 0.25) is 0 Å². The van der Waals surface area contributed by atoms with Gasteiger partial charge in [-0.3, -0.25) is 4.79 Å². The van der Waals surface area contributed by atoms with E-state index in [0.717, 1.165) is 12.2 Å². The molecule has 0 amide bonds. The van der Waals surface area contributed by atoms with Crippen molar-refractivity contribution in [3.05, 3.63) is 34.9 Å². The van der Waals surface area contributed by atoms with Crippen molar-refractivity contribution in [2.24, 2.45) is 0 Å². The van der Waals surface area contributed by atoms with E-state index in [-0.39, 0.29) is 11.2 Å². The highest BCUT2D eigenvalue weighted by molar-refractivity contribution is 7.99. The zero-order valence-corrected chi connectivity index (χ0v) is 10.5. The van der Waals surface area contributed by atoms with Crippen LogP contribution in [0.2, 0.25) is 0 Å². The van der Waals surface area contributed by atoms with Crippen LogP contribution in [-0.2, 0) is 15.3 Å². The summed E-state index contributed by atoms with van der Waals surface area (Å²) in [5.74, 6) is 0.850. The minimum absolute atomic E-state index is 0.0416. The maximum atomic E-state index is 11.3. The molecule has 1 aliphatic heterocycles. The van der Waals surface area contributed by atoms with Gasteiger partial charge in [-0.25, -0.2) is 0 Å². The number of ether oxygens (including phenoxy) is 1. The number of esters is 1. The predicted molar refractivity (Wildman–Crippen MR) is 66.6 cm³/mol. The van der Waals surface area contributed by atoms with Gasteiger partial charge < -0.3 is 4.74 Å². The second-order valence-corrected chi connectivity index (χ2v) is 5.38. The van der Waals surface area contributed by atoms with E-state index in [1.807, 2.05) is 0 Å². The Morgan fingerprint density at radius 2 is 2.25 bits per heavy atom. The smallest absolute Gasteiger partial charge is 0.319 e. The molecule has 0 aliphatic carbocycles. The van der Waals surface area contributed by atoms with Crippen LogP contribution in [0.15, 0.2) is 18.2 Å². The van der Waals surface area contributed by atoms with Crippen LogP contribution in [0.25, 0.3) is 0 Å². The fraction of sp³-hybridized carbons (Fsp3) is 0.462. The van der Waals surface area contributed by atoms with Crippen molar-refractivity contribution in [2.75, 3.05) is 6.61 Å². The van der Waals surface area contributed by atoms with Crippen LogP contribution in [0, 0.1) is 13.8 Å². The van der Waals surface area contributed by atoms with Crippen LogP contribution in [0.1, 0.15) is 23.1 Å².